The van der Waals surface area contributed by atoms with Crippen molar-refractivity contribution in [2.24, 2.45) is 17.8 Å². The second-order valence-corrected chi connectivity index (χ2v) is 11.5. The van der Waals surface area contributed by atoms with E-state index in [4.69, 9.17) is 12.2 Å². The maximum Gasteiger partial charge on any atom is 0.258 e. The second kappa shape index (κ2) is 7.16. The van der Waals surface area contributed by atoms with Gasteiger partial charge in [0.2, 0.25) is 0 Å². The van der Waals surface area contributed by atoms with Crippen molar-refractivity contribution in [3.8, 4) is 0 Å². The fourth-order valence-electron chi connectivity index (χ4n) is 5.43. The third-order valence-electron chi connectivity index (χ3n) is 5.88. The van der Waals surface area contributed by atoms with Crippen molar-refractivity contribution in [1.29, 1.82) is 0 Å². The summed E-state index contributed by atoms with van der Waals surface area (Å²) in [6.07, 6.45) is 7.81. The smallest absolute Gasteiger partial charge is 0.258 e. The maximum absolute atomic E-state index is 12.7. The largest absolute Gasteiger partial charge is 0.357 e. The highest BCUT2D eigenvalue weighted by atomic mass is 127. The normalized spacial score (nSPS) is 32.5. The van der Waals surface area contributed by atoms with Crippen molar-refractivity contribution in [2.45, 2.75) is 44.1 Å². The van der Waals surface area contributed by atoms with Crippen LogP contribution in [0.15, 0.2) is 16.6 Å². The molecule has 0 radical (unpaired) electrons. The van der Waals surface area contributed by atoms with Crippen molar-refractivity contribution in [2.75, 3.05) is 0 Å². The van der Waals surface area contributed by atoms with Gasteiger partial charge in [0.05, 0.1) is 5.56 Å². The molecule has 4 aliphatic carbocycles. The van der Waals surface area contributed by atoms with Gasteiger partial charge in [0, 0.05) is 17.2 Å². The van der Waals surface area contributed by atoms with Crippen LogP contribution < -0.4 is 10.6 Å². The second-order valence-electron chi connectivity index (χ2n) is 7.86. The fourth-order valence-corrected chi connectivity index (χ4v) is 7.99. The molecule has 25 heavy (non-hydrogen) atoms. The van der Waals surface area contributed by atoms with Crippen molar-refractivity contribution >= 4 is 84.3 Å². The van der Waals surface area contributed by atoms with Crippen LogP contribution in [-0.2, 0) is 0 Å². The third kappa shape index (κ3) is 3.89. The van der Waals surface area contributed by atoms with Gasteiger partial charge in [-0.1, -0.05) is 0 Å². The van der Waals surface area contributed by atoms with Gasteiger partial charge in [-0.25, -0.2) is 0 Å². The molecule has 2 N–H and O–H groups in total. The Morgan fingerprint density at radius 2 is 1.68 bits per heavy atom. The Kier molecular flexibility index (Phi) is 5.40. The molecular formula is C18H19BrI2N2OS. The van der Waals surface area contributed by atoms with E-state index in [2.05, 4.69) is 71.7 Å². The molecule has 4 aliphatic rings. The lowest BCUT2D eigenvalue weighted by molar-refractivity contribution is -0.0101. The number of carbonyl (C=O) groups is 1. The van der Waals surface area contributed by atoms with Crippen molar-refractivity contribution in [3.63, 3.8) is 0 Å². The molecule has 0 aliphatic heterocycles. The molecule has 0 aromatic heterocycles. The topological polar surface area (TPSA) is 41.1 Å². The van der Waals surface area contributed by atoms with E-state index >= 15 is 0 Å². The molecule has 0 atom stereocenters. The van der Waals surface area contributed by atoms with E-state index in [-0.39, 0.29) is 11.4 Å². The summed E-state index contributed by atoms with van der Waals surface area (Å²) in [6, 6.07) is 3.92. The molecule has 7 heteroatoms. The molecule has 4 saturated carbocycles. The maximum atomic E-state index is 12.7. The van der Waals surface area contributed by atoms with Crippen molar-refractivity contribution < 1.29 is 4.79 Å². The molecule has 1 aromatic carbocycles. The number of rotatable bonds is 2. The predicted molar refractivity (Wildman–Crippen MR) is 124 cm³/mol. The van der Waals surface area contributed by atoms with Gasteiger partial charge in [-0.2, -0.15) is 0 Å². The van der Waals surface area contributed by atoms with E-state index in [1.165, 1.54) is 38.5 Å². The highest BCUT2D eigenvalue weighted by molar-refractivity contribution is 14.1. The number of amides is 1. The molecule has 5 rings (SSSR count). The fraction of sp³-hybridized carbons (Fsp3) is 0.556. The highest BCUT2D eigenvalue weighted by Crippen LogP contribution is 2.55. The summed E-state index contributed by atoms with van der Waals surface area (Å²) in [7, 11) is 0. The van der Waals surface area contributed by atoms with Gasteiger partial charge in [0.15, 0.2) is 5.11 Å². The van der Waals surface area contributed by atoms with Crippen LogP contribution >= 0.6 is 73.3 Å². The van der Waals surface area contributed by atoms with E-state index < -0.39 is 0 Å². The van der Waals surface area contributed by atoms with Crippen LogP contribution in [0.5, 0.6) is 0 Å². The van der Waals surface area contributed by atoms with Crippen LogP contribution in [0.2, 0.25) is 0 Å². The molecule has 0 spiro atoms. The number of hydrogen-bond donors (Lipinski definition) is 2. The number of benzene rings is 1. The zero-order chi connectivity index (χ0) is 17.8. The minimum absolute atomic E-state index is 0.121. The summed E-state index contributed by atoms with van der Waals surface area (Å²) < 4.78 is 2.88. The summed E-state index contributed by atoms with van der Waals surface area (Å²) in [5.74, 6) is 2.40. The molecule has 3 nitrogen and oxygen atoms in total. The van der Waals surface area contributed by atoms with E-state index in [0.29, 0.717) is 10.7 Å². The van der Waals surface area contributed by atoms with Gasteiger partial charge >= 0.3 is 0 Å². The third-order valence-corrected chi connectivity index (χ3v) is 9.15. The van der Waals surface area contributed by atoms with Crippen LogP contribution in [0.25, 0.3) is 0 Å². The molecule has 0 heterocycles. The summed E-state index contributed by atoms with van der Waals surface area (Å²) in [6.45, 7) is 0. The number of nitrogens with one attached hydrogen (secondary N) is 2. The van der Waals surface area contributed by atoms with Crippen LogP contribution in [0.4, 0.5) is 0 Å². The first-order valence-electron chi connectivity index (χ1n) is 8.61. The summed E-state index contributed by atoms with van der Waals surface area (Å²) in [4.78, 5) is 12.7. The van der Waals surface area contributed by atoms with Crippen LogP contribution in [0.1, 0.15) is 48.9 Å². The summed E-state index contributed by atoms with van der Waals surface area (Å²) in [5.41, 5.74) is 0.751. The molecule has 0 unspecified atom stereocenters. The molecule has 0 saturated heterocycles. The number of halogens is 3. The van der Waals surface area contributed by atoms with E-state index in [0.717, 1.165) is 29.4 Å². The van der Waals surface area contributed by atoms with Crippen LogP contribution in [0.3, 0.4) is 0 Å². The Labute approximate surface area is 189 Å². The standard InChI is InChI=1S/C18H19BrI2N2OS/c19-15-13(4-12(20)5-14(15)21)16(24)22-17(25)23-18-6-9-1-10(7-18)3-11(2-9)8-18/h4-5,9-11H,1-3,6-8H2,(H2,22,23,24,25). The number of carbonyl (C=O) groups excluding carboxylic acids is 1. The summed E-state index contributed by atoms with van der Waals surface area (Å²) >= 11 is 13.5. The Bertz CT molecular complexity index is 720. The monoisotopic (exact) mass is 644 g/mol. The predicted octanol–water partition coefficient (Wildman–Crippen LogP) is 5.23. The molecule has 4 fully saturated rings. The van der Waals surface area contributed by atoms with E-state index in [9.17, 15) is 4.79 Å². The molecule has 134 valence electrons. The Morgan fingerprint density at radius 1 is 1.12 bits per heavy atom. The highest BCUT2D eigenvalue weighted by Gasteiger charge is 2.51. The Hall–Kier alpha value is 0.520. The van der Waals surface area contributed by atoms with Crippen molar-refractivity contribution in [1.82, 2.24) is 10.6 Å². The minimum atomic E-state index is -0.148. The number of thiocarbonyl (C=S) groups is 1. The van der Waals surface area contributed by atoms with E-state index in [1.54, 1.807) is 0 Å². The Balaban J connectivity index is 1.45. The first-order valence-corrected chi connectivity index (χ1v) is 12.0. The SMILES string of the molecule is O=C(NC(=S)NC12CC3CC(CC(C3)C1)C2)c1cc(I)cc(I)c1Br. The zero-order valence-corrected chi connectivity index (χ0v) is 20.3. The molecule has 1 aromatic rings. The van der Waals surface area contributed by atoms with E-state index in [1.807, 2.05) is 12.1 Å². The first-order chi connectivity index (χ1) is 11.8. The van der Waals surface area contributed by atoms with Gasteiger partial charge in [-0.05, 0) is 142 Å². The molecule has 4 bridgehead atoms. The lowest BCUT2D eigenvalue weighted by Crippen LogP contribution is -2.61. The van der Waals surface area contributed by atoms with Crippen LogP contribution in [-0.4, -0.2) is 16.6 Å². The quantitative estimate of drug-likeness (QED) is 0.263. The molecule has 1 amide bonds. The van der Waals surface area contributed by atoms with Gasteiger partial charge in [0.25, 0.3) is 5.91 Å². The lowest BCUT2D eigenvalue weighted by atomic mass is 9.53. The van der Waals surface area contributed by atoms with Gasteiger partial charge < -0.3 is 5.32 Å². The molecular weight excluding hydrogens is 626 g/mol. The average molecular weight is 645 g/mol. The first kappa shape index (κ1) is 18.9. The number of hydrogen-bond acceptors (Lipinski definition) is 2. The minimum Gasteiger partial charge on any atom is -0.357 e. The van der Waals surface area contributed by atoms with Gasteiger partial charge in [-0.15, -0.1) is 0 Å². The van der Waals surface area contributed by atoms with Gasteiger partial charge in [0.1, 0.15) is 0 Å². The summed E-state index contributed by atoms with van der Waals surface area (Å²) in [5, 5.41) is 6.94. The average Bonchev–Trinajstić information content (AvgIpc) is 2.48. The van der Waals surface area contributed by atoms with Crippen molar-refractivity contribution in [3.05, 3.63) is 29.3 Å². The zero-order valence-electron chi connectivity index (χ0n) is 13.6. The van der Waals surface area contributed by atoms with Crippen LogP contribution in [0, 0.1) is 24.9 Å². The van der Waals surface area contributed by atoms with Gasteiger partial charge in [-0.3, -0.25) is 10.1 Å². The Morgan fingerprint density at radius 3 is 2.24 bits per heavy atom. The lowest BCUT2D eigenvalue weighted by Gasteiger charge is -2.57.